The Morgan fingerprint density at radius 1 is 1.36 bits per heavy atom. The second-order valence-corrected chi connectivity index (χ2v) is 1.83. The maximum atomic E-state index is 10.5. The van der Waals surface area contributed by atoms with Gasteiger partial charge in [-0.3, -0.25) is 9.59 Å². The lowest BCUT2D eigenvalue weighted by atomic mass is 10.3. The van der Waals surface area contributed by atoms with Crippen LogP contribution in [0.1, 0.15) is 6.42 Å². The van der Waals surface area contributed by atoms with Crippen molar-refractivity contribution in [2.24, 2.45) is 5.73 Å². The van der Waals surface area contributed by atoms with Crippen LogP contribution in [-0.2, 0) is 9.59 Å². The molecule has 0 saturated carbocycles. The predicted molar refractivity (Wildman–Crippen MR) is 34.8 cm³/mol. The number of ketones is 1. The Kier molecular flexibility index (Phi) is 3.65. The molecule has 6 heteroatoms. The van der Waals surface area contributed by atoms with Crippen LogP contribution in [0.15, 0.2) is 0 Å². The molecule has 4 N–H and O–H groups in total. The molecular formula is C5H8N2O4. The normalized spacial score (nSPS) is 8.73. The number of nitrogens with one attached hydrogen (secondary N) is 1. The van der Waals surface area contributed by atoms with Gasteiger partial charge in [-0.25, -0.2) is 4.79 Å². The first-order valence-electron chi connectivity index (χ1n) is 2.79. The van der Waals surface area contributed by atoms with E-state index in [0.717, 1.165) is 0 Å². The van der Waals surface area contributed by atoms with Gasteiger partial charge in [-0.15, -0.1) is 0 Å². The van der Waals surface area contributed by atoms with E-state index in [9.17, 15) is 14.4 Å². The molecule has 62 valence electrons. The van der Waals surface area contributed by atoms with Crippen LogP contribution in [0.5, 0.6) is 0 Å². The van der Waals surface area contributed by atoms with Gasteiger partial charge in [-0.1, -0.05) is 0 Å². The number of rotatable bonds is 4. The van der Waals surface area contributed by atoms with Gasteiger partial charge in [0.25, 0.3) is 0 Å². The molecular weight excluding hydrogens is 152 g/mol. The van der Waals surface area contributed by atoms with Crippen molar-refractivity contribution in [1.29, 1.82) is 0 Å². The number of carboxylic acids is 1. The highest BCUT2D eigenvalue weighted by atomic mass is 16.4. The maximum Gasteiger partial charge on any atom is 0.312 e. The molecule has 0 fully saturated rings. The van der Waals surface area contributed by atoms with Crippen LogP contribution in [0.2, 0.25) is 0 Å². The Morgan fingerprint density at radius 3 is 2.27 bits per heavy atom. The van der Waals surface area contributed by atoms with E-state index in [1.807, 2.05) is 5.32 Å². The summed E-state index contributed by atoms with van der Waals surface area (Å²) in [5.41, 5.74) is 4.62. The van der Waals surface area contributed by atoms with Gasteiger partial charge in [0, 0.05) is 0 Å². The van der Waals surface area contributed by atoms with E-state index >= 15 is 0 Å². The molecule has 0 radical (unpaired) electrons. The van der Waals surface area contributed by atoms with Gasteiger partial charge in [-0.05, 0) is 0 Å². The minimum Gasteiger partial charge on any atom is -0.481 e. The van der Waals surface area contributed by atoms with E-state index < -0.39 is 24.2 Å². The molecule has 0 rings (SSSR count). The summed E-state index contributed by atoms with van der Waals surface area (Å²) in [5.74, 6) is -1.81. The van der Waals surface area contributed by atoms with Crippen LogP contribution < -0.4 is 11.1 Å². The molecule has 2 amide bonds. The Hall–Kier alpha value is -1.59. The average molecular weight is 160 g/mol. The number of aliphatic carboxylic acids is 1. The summed E-state index contributed by atoms with van der Waals surface area (Å²) in [6, 6.07) is -0.844. The lowest BCUT2D eigenvalue weighted by Crippen LogP contribution is -2.34. The number of urea groups is 1. The quantitative estimate of drug-likeness (QED) is 0.444. The number of carboxylic acid groups (broad SMARTS) is 1. The standard InChI is InChI=1S/C5H8N2O4/c6-5(11)7-2-3(8)1-4(9)10/h1-2H2,(H,9,10)(H3,6,7,11). The molecule has 0 spiro atoms. The third kappa shape index (κ3) is 6.29. The summed E-state index contributed by atoms with van der Waals surface area (Å²) in [4.78, 5) is 30.4. The minimum absolute atomic E-state index is 0.332. The zero-order valence-electron chi connectivity index (χ0n) is 5.66. The molecule has 0 atom stereocenters. The monoisotopic (exact) mass is 160 g/mol. The number of nitrogens with two attached hydrogens (primary N) is 1. The second-order valence-electron chi connectivity index (χ2n) is 1.83. The topological polar surface area (TPSA) is 109 Å². The summed E-state index contributed by atoms with van der Waals surface area (Å²) in [6.07, 6.45) is -0.597. The fourth-order valence-electron chi connectivity index (χ4n) is 0.417. The zero-order valence-corrected chi connectivity index (χ0v) is 5.66. The van der Waals surface area contributed by atoms with Gasteiger partial charge in [0.1, 0.15) is 6.42 Å². The molecule has 0 aromatic carbocycles. The van der Waals surface area contributed by atoms with Crippen molar-refractivity contribution >= 4 is 17.8 Å². The van der Waals surface area contributed by atoms with Gasteiger partial charge >= 0.3 is 12.0 Å². The summed E-state index contributed by atoms with van der Waals surface area (Å²) >= 11 is 0. The van der Waals surface area contributed by atoms with Crippen molar-refractivity contribution in [1.82, 2.24) is 5.32 Å². The van der Waals surface area contributed by atoms with Crippen LogP contribution >= 0.6 is 0 Å². The molecule has 11 heavy (non-hydrogen) atoms. The van der Waals surface area contributed by atoms with E-state index in [1.165, 1.54) is 0 Å². The highest BCUT2D eigenvalue weighted by molar-refractivity contribution is 5.97. The molecule has 0 aliphatic heterocycles. The van der Waals surface area contributed by atoms with Gasteiger partial charge in [0.15, 0.2) is 5.78 Å². The van der Waals surface area contributed by atoms with Crippen LogP contribution in [0.25, 0.3) is 0 Å². The minimum atomic E-state index is -1.22. The SMILES string of the molecule is NC(=O)NCC(=O)CC(=O)O. The summed E-state index contributed by atoms with van der Waals surface area (Å²) in [7, 11) is 0. The molecule has 0 aliphatic carbocycles. The van der Waals surface area contributed by atoms with E-state index in [4.69, 9.17) is 5.11 Å². The first-order chi connectivity index (χ1) is 5.02. The number of Topliss-reactive ketones (excluding diaryl/α,β-unsaturated/α-hetero) is 1. The van der Waals surface area contributed by atoms with E-state index in [1.54, 1.807) is 0 Å². The van der Waals surface area contributed by atoms with Crippen molar-refractivity contribution < 1.29 is 19.5 Å². The van der Waals surface area contributed by atoms with E-state index in [-0.39, 0.29) is 6.54 Å². The second kappa shape index (κ2) is 4.26. The molecule has 0 saturated heterocycles. The van der Waals surface area contributed by atoms with Crippen molar-refractivity contribution in [2.75, 3.05) is 6.54 Å². The third-order valence-corrected chi connectivity index (χ3v) is 0.808. The largest absolute Gasteiger partial charge is 0.481 e. The van der Waals surface area contributed by atoms with Crippen molar-refractivity contribution in [2.45, 2.75) is 6.42 Å². The van der Waals surface area contributed by atoms with Crippen molar-refractivity contribution in [3.05, 3.63) is 0 Å². The Labute approximate surface area is 62.4 Å². The number of hydrogen-bond donors (Lipinski definition) is 3. The predicted octanol–water partition coefficient (Wildman–Crippen LogP) is -1.30. The molecule has 0 heterocycles. The highest BCUT2D eigenvalue weighted by Gasteiger charge is 2.07. The third-order valence-electron chi connectivity index (χ3n) is 0.808. The Balaban J connectivity index is 3.53. The van der Waals surface area contributed by atoms with E-state index in [2.05, 4.69) is 5.73 Å². The smallest absolute Gasteiger partial charge is 0.312 e. The lowest BCUT2D eigenvalue weighted by molar-refractivity contribution is -0.140. The number of amides is 2. The molecule has 0 aromatic rings. The zero-order chi connectivity index (χ0) is 8.85. The Bertz CT molecular complexity index is 189. The first-order valence-corrected chi connectivity index (χ1v) is 2.79. The van der Waals surface area contributed by atoms with E-state index in [0.29, 0.717) is 0 Å². The summed E-state index contributed by atoms with van der Waals surface area (Å²) in [6.45, 7) is -0.332. The number of carbonyl (C=O) groups excluding carboxylic acids is 2. The van der Waals surface area contributed by atoms with Gasteiger partial charge in [-0.2, -0.15) is 0 Å². The summed E-state index contributed by atoms with van der Waals surface area (Å²) in [5, 5.41) is 10.1. The number of carbonyl (C=O) groups is 3. The molecule has 6 nitrogen and oxygen atoms in total. The van der Waals surface area contributed by atoms with Crippen LogP contribution in [0.4, 0.5) is 4.79 Å². The fraction of sp³-hybridized carbons (Fsp3) is 0.400. The molecule has 0 unspecified atom stereocenters. The van der Waals surface area contributed by atoms with Gasteiger partial charge in [0.05, 0.1) is 6.54 Å². The molecule has 0 aliphatic rings. The fourth-order valence-corrected chi connectivity index (χ4v) is 0.417. The Morgan fingerprint density at radius 2 is 1.91 bits per heavy atom. The van der Waals surface area contributed by atoms with Crippen LogP contribution in [0, 0.1) is 0 Å². The lowest BCUT2D eigenvalue weighted by Gasteiger charge is -1.97. The van der Waals surface area contributed by atoms with Gasteiger partial charge in [0.2, 0.25) is 0 Å². The maximum absolute atomic E-state index is 10.5. The number of hydrogen-bond acceptors (Lipinski definition) is 3. The van der Waals surface area contributed by atoms with Crippen molar-refractivity contribution in [3.8, 4) is 0 Å². The highest BCUT2D eigenvalue weighted by Crippen LogP contribution is 1.80. The average Bonchev–Trinajstić information content (AvgIpc) is 1.82. The molecule has 0 bridgehead atoms. The van der Waals surface area contributed by atoms with Crippen molar-refractivity contribution in [3.63, 3.8) is 0 Å². The first kappa shape index (κ1) is 9.41. The van der Waals surface area contributed by atoms with Crippen LogP contribution in [0.3, 0.4) is 0 Å². The molecule has 0 aromatic heterocycles. The van der Waals surface area contributed by atoms with Gasteiger partial charge < -0.3 is 16.2 Å². The summed E-state index contributed by atoms with van der Waals surface area (Å²) < 4.78 is 0. The van der Waals surface area contributed by atoms with Crippen LogP contribution in [-0.4, -0.2) is 29.4 Å². The number of primary amides is 1.